The second kappa shape index (κ2) is 7.66. The maximum absolute atomic E-state index is 12.5. The summed E-state index contributed by atoms with van der Waals surface area (Å²) in [5.41, 5.74) is 3.05. The third kappa shape index (κ3) is 3.96. The molecule has 2 aliphatic carbocycles. The number of amides is 1. The number of anilines is 1. The summed E-state index contributed by atoms with van der Waals surface area (Å²) in [5, 5.41) is 3.20. The monoisotopic (exact) mass is 368 g/mol. The molecule has 2 aliphatic rings. The van der Waals surface area contributed by atoms with Gasteiger partial charge in [-0.25, -0.2) is 15.0 Å². The van der Waals surface area contributed by atoms with E-state index in [1.807, 2.05) is 29.8 Å². The molecule has 2 heterocycles. The minimum absolute atomic E-state index is 0.0779. The van der Waals surface area contributed by atoms with E-state index in [1.54, 1.807) is 6.33 Å². The van der Waals surface area contributed by atoms with E-state index in [0.29, 0.717) is 18.4 Å². The van der Waals surface area contributed by atoms with Crippen LogP contribution in [0.2, 0.25) is 0 Å². The Kier molecular flexibility index (Phi) is 5.09. The molecule has 27 heavy (non-hydrogen) atoms. The number of fused-ring (bicyclic) bond motifs is 1. The second-order valence-corrected chi connectivity index (χ2v) is 7.83. The Morgan fingerprint density at radius 2 is 2.04 bits per heavy atom. The third-order valence-electron chi connectivity index (χ3n) is 5.56. The van der Waals surface area contributed by atoms with Gasteiger partial charge in [-0.3, -0.25) is 4.79 Å². The number of carbonyl (C=O) groups is 1. The van der Waals surface area contributed by atoms with E-state index in [4.69, 9.17) is 9.97 Å². The minimum Gasteiger partial charge on any atom is -0.352 e. The molecule has 1 saturated carbocycles. The number of hydrogen-bond donors (Lipinski definition) is 1. The van der Waals surface area contributed by atoms with Gasteiger partial charge in [0.1, 0.15) is 11.5 Å². The number of nitrogens with zero attached hydrogens (tertiary/aromatic N) is 5. The molecule has 0 radical (unpaired) electrons. The molecule has 1 amide bonds. The van der Waals surface area contributed by atoms with E-state index in [9.17, 15) is 4.79 Å². The zero-order chi connectivity index (χ0) is 18.8. The van der Waals surface area contributed by atoms with Crippen LogP contribution in [-0.2, 0) is 24.7 Å². The molecule has 0 aromatic carbocycles. The molecule has 0 atom stereocenters. The Labute approximate surface area is 160 Å². The van der Waals surface area contributed by atoms with Gasteiger partial charge in [0.05, 0.1) is 12.9 Å². The van der Waals surface area contributed by atoms with Gasteiger partial charge in [-0.1, -0.05) is 19.3 Å². The van der Waals surface area contributed by atoms with Gasteiger partial charge < -0.3 is 14.8 Å². The standard InChI is InChI=1S/C20H28N6O/c1-25-11-17(21-13-25)19-23-16-10-6-9-15(16)20(24-19)26(2)12-18(27)22-14-7-4-3-5-8-14/h11,13-14H,3-10,12H2,1-2H3,(H,22,27). The van der Waals surface area contributed by atoms with E-state index in [2.05, 4.69) is 10.3 Å². The largest absolute Gasteiger partial charge is 0.352 e. The maximum Gasteiger partial charge on any atom is 0.239 e. The summed E-state index contributed by atoms with van der Waals surface area (Å²) in [7, 11) is 3.89. The smallest absolute Gasteiger partial charge is 0.239 e. The Hall–Kier alpha value is -2.44. The molecule has 0 saturated heterocycles. The van der Waals surface area contributed by atoms with Gasteiger partial charge in [0, 0.05) is 37.6 Å². The van der Waals surface area contributed by atoms with Crippen molar-refractivity contribution in [3.8, 4) is 11.5 Å². The number of likely N-dealkylation sites (N-methyl/N-ethyl adjacent to an activating group) is 1. The molecule has 1 fully saturated rings. The van der Waals surface area contributed by atoms with E-state index >= 15 is 0 Å². The summed E-state index contributed by atoms with van der Waals surface area (Å²) >= 11 is 0. The van der Waals surface area contributed by atoms with Crippen molar-refractivity contribution >= 4 is 11.7 Å². The predicted molar refractivity (Wildman–Crippen MR) is 105 cm³/mol. The van der Waals surface area contributed by atoms with Gasteiger partial charge in [-0.2, -0.15) is 0 Å². The Bertz CT molecular complexity index is 824. The van der Waals surface area contributed by atoms with Crippen LogP contribution in [0.25, 0.3) is 11.5 Å². The van der Waals surface area contributed by atoms with Crippen molar-refractivity contribution in [2.24, 2.45) is 7.05 Å². The first-order valence-electron chi connectivity index (χ1n) is 9.99. The van der Waals surface area contributed by atoms with Gasteiger partial charge in [-0.15, -0.1) is 0 Å². The minimum atomic E-state index is 0.0779. The van der Waals surface area contributed by atoms with Crippen molar-refractivity contribution in [1.29, 1.82) is 0 Å². The quantitative estimate of drug-likeness (QED) is 0.876. The molecular formula is C20H28N6O. The number of hydrogen-bond acceptors (Lipinski definition) is 5. The maximum atomic E-state index is 12.5. The Balaban J connectivity index is 1.53. The van der Waals surface area contributed by atoms with Crippen LogP contribution in [0.1, 0.15) is 49.8 Å². The van der Waals surface area contributed by atoms with E-state index < -0.39 is 0 Å². The summed E-state index contributed by atoms with van der Waals surface area (Å²) in [6, 6.07) is 0.333. The summed E-state index contributed by atoms with van der Waals surface area (Å²) in [6.07, 6.45) is 12.6. The van der Waals surface area contributed by atoms with Crippen LogP contribution in [-0.4, -0.2) is 45.1 Å². The molecular weight excluding hydrogens is 340 g/mol. The van der Waals surface area contributed by atoms with Crippen molar-refractivity contribution in [3.05, 3.63) is 23.8 Å². The number of carbonyl (C=O) groups excluding carboxylic acids is 1. The van der Waals surface area contributed by atoms with Crippen LogP contribution < -0.4 is 10.2 Å². The topological polar surface area (TPSA) is 75.9 Å². The van der Waals surface area contributed by atoms with Crippen molar-refractivity contribution < 1.29 is 4.79 Å². The lowest BCUT2D eigenvalue weighted by molar-refractivity contribution is -0.120. The van der Waals surface area contributed by atoms with Crippen LogP contribution in [0.15, 0.2) is 12.5 Å². The zero-order valence-electron chi connectivity index (χ0n) is 16.2. The van der Waals surface area contributed by atoms with Gasteiger partial charge in [0.2, 0.25) is 5.91 Å². The van der Waals surface area contributed by atoms with Crippen LogP contribution in [0.5, 0.6) is 0 Å². The lowest BCUT2D eigenvalue weighted by atomic mass is 9.95. The summed E-state index contributed by atoms with van der Waals surface area (Å²) < 4.78 is 1.90. The number of aryl methyl sites for hydroxylation is 2. The highest BCUT2D eigenvalue weighted by atomic mass is 16.2. The highest BCUT2D eigenvalue weighted by Gasteiger charge is 2.24. The van der Waals surface area contributed by atoms with E-state index in [0.717, 1.165) is 49.3 Å². The van der Waals surface area contributed by atoms with Gasteiger partial charge in [-0.05, 0) is 32.1 Å². The SMILES string of the molecule is CN(CC(=O)NC1CCCCC1)c1nc(-c2cn(C)cn2)nc2c1CCC2. The molecule has 1 N–H and O–H groups in total. The van der Waals surface area contributed by atoms with Crippen LogP contribution in [0.3, 0.4) is 0 Å². The van der Waals surface area contributed by atoms with Crippen molar-refractivity contribution in [2.75, 3.05) is 18.5 Å². The van der Waals surface area contributed by atoms with Crippen LogP contribution >= 0.6 is 0 Å². The fourth-order valence-electron chi connectivity index (χ4n) is 4.18. The van der Waals surface area contributed by atoms with Gasteiger partial charge in [0.15, 0.2) is 5.82 Å². The third-order valence-corrected chi connectivity index (χ3v) is 5.56. The number of rotatable bonds is 5. The van der Waals surface area contributed by atoms with Crippen LogP contribution in [0, 0.1) is 0 Å². The normalized spacial score (nSPS) is 17.0. The highest BCUT2D eigenvalue weighted by molar-refractivity contribution is 5.81. The number of aromatic nitrogens is 4. The first kappa shape index (κ1) is 17.9. The Morgan fingerprint density at radius 3 is 2.78 bits per heavy atom. The molecule has 0 aliphatic heterocycles. The number of imidazole rings is 1. The average molecular weight is 368 g/mol. The zero-order valence-corrected chi connectivity index (χ0v) is 16.2. The van der Waals surface area contributed by atoms with Crippen molar-refractivity contribution in [1.82, 2.24) is 24.8 Å². The molecule has 0 spiro atoms. The molecule has 2 aromatic heterocycles. The molecule has 0 unspecified atom stereocenters. The summed E-state index contributed by atoms with van der Waals surface area (Å²) in [6.45, 7) is 0.321. The lowest BCUT2D eigenvalue weighted by Crippen LogP contribution is -2.42. The van der Waals surface area contributed by atoms with Crippen molar-refractivity contribution in [3.63, 3.8) is 0 Å². The summed E-state index contributed by atoms with van der Waals surface area (Å²) in [5.74, 6) is 1.59. The van der Waals surface area contributed by atoms with E-state index in [-0.39, 0.29) is 5.91 Å². The lowest BCUT2D eigenvalue weighted by Gasteiger charge is -2.25. The predicted octanol–water partition coefficient (Wildman–Crippen LogP) is 2.25. The molecule has 0 bridgehead atoms. The molecule has 144 valence electrons. The Morgan fingerprint density at radius 1 is 1.22 bits per heavy atom. The van der Waals surface area contributed by atoms with Crippen molar-refractivity contribution in [2.45, 2.75) is 57.4 Å². The fourth-order valence-corrected chi connectivity index (χ4v) is 4.18. The molecule has 2 aromatic rings. The number of nitrogens with one attached hydrogen (secondary N) is 1. The average Bonchev–Trinajstić information content (AvgIpc) is 3.30. The molecule has 4 rings (SSSR count). The highest BCUT2D eigenvalue weighted by Crippen LogP contribution is 2.30. The fraction of sp³-hybridized carbons (Fsp3) is 0.600. The second-order valence-electron chi connectivity index (χ2n) is 7.83. The first-order valence-corrected chi connectivity index (χ1v) is 9.99. The molecule has 7 heteroatoms. The molecule has 7 nitrogen and oxygen atoms in total. The van der Waals surface area contributed by atoms with Crippen LogP contribution in [0.4, 0.5) is 5.82 Å². The first-order chi connectivity index (χ1) is 13.1. The van der Waals surface area contributed by atoms with Gasteiger partial charge >= 0.3 is 0 Å². The van der Waals surface area contributed by atoms with Gasteiger partial charge in [0.25, 0.3) is 0 Å². The van der Waals surface area contributed by atoms with E-state index in [1.165, 1.54) is 24.8 Å². The summed E-state index contributed by atoms with van der Waals surface area (Å²) in [4.78, 5) is 28.4.